The number of alkyl halides is 1. The fourth-order valence-corrected chi connectivity index (χ4v) is 4.84. The minimum atomic E-state index is -1.23. The van der Waals surface area contributed by atoms with Crippen molar-refractivity contribution in [2.45, 2.75) is 84.1 Å². The smallest absolute Gasteiger partial charge is 0.410 e. The fraction of sp³-hybridized carbons (Fsp3) is 0.808. The Bertz CT molecular complexity index is 832. The first-order valence-electron chi connectivity index (χ1n) is 13.1. The number of hydrogen-bond donors (Lipinski definition) is 2. The van der Waals surface area contributed by atoms with E-state index < -0.39 is 17.7 Å². The molecule has 0 aromatic rings. The molecule has 2 fully saturated rings. The zero-order valence-corrected chi connectivity index (χ0v) is 22.1. The van der Waals surface area contributed by atoms with E-state index in [0.717, 1.165) is 11.3 Å². The second-order valence-electron chi connectivity index (χ2n) is 10.9. The maximum atomic E-state index is 14.9. The van der Waals surface area contributed by atoms with Crippen LogP contribution in [0.4, 0.5) is 9.18 Å². The molecule has 1 aliphatic carbocycles. The average molecular weight is 512 g/mol. The molecule has 1 saturated heterocycles. The van der Waals surface area contributed by atoms with Crippen molar-refractivity contribution in [3.63, 3.8) is 0 Å². The largest absolute Gasteiger partial charge is 0.474 e. The van der Waals surface area contributed by atoms with Gasteiger partial charge >= 0.3 is 6.09 Å². The summed E-state index contributed by atoms with van der Waals surface area (Å²) >= 11 is 0. The fourth-order valence-electron chi connectivity index (χ4n) is 4.84. The van der Waals surface area contributed by atoms with Gasteiger partial charge in [-0.15, -0.1) is 0 Å². The molecule has 2 aliphatic heterocycles. The lowest BCUT2D eigenvalue weighted by molar-refractivity contribution is -0.128. The number of halogens is 1. The summed E-state index contributed by atoms with van der Waals surface area (Å²) in [4.78, 5) is 30.9. The van der Waals surface area contributed by atoms with Gasteiger partial charge in [0.25, 0.3) is 0 Å². The molecule has 2 N–H and O–H groups in total. The first-order chi connectivity index (χ1) is 17.1. The summed E-state index contributed by atoms with van der Waals surface area (Å²) in [6.07, 6.45) is 1.77. The lowest BCUT2D eigenvalue weighted by atomic mass is 9.78. The third kappa shape index (κ3) is 8.16. The lowest BCUT2D eigenvalue weighted by Crippen LogP contribution is -2.43. The van der Waals surface area contributed by atoms with Crippen LogP contribution in [-0.4, -0.2) is 85.2 Å². The van der Waals surface area contributed by atoms with Gasteiger partial charge in [0.2, 0.25) is 11.8 Å². The van der Waals surface area contributed by atoms with Crippen molar-refractivity contribution < 1.29 is 33.3 Å². The van der Waals surface area contributed by atoms with Crippen molar-refractivity contribution in [1.82, 2.24) is 10.2 Å². The van der Waals surface area contributed by atoms with Crippen LogP contribution in [0, 0.1) is 11.8 Å². The van der Waals surface area contributed by atoms with E-state index >= 15 is 0 Å². The average Bonchev–Trinajstić information content (AvgIpc) is 2.82. The van der Waals surface area contributed by atoms with E-state index in [-0.39, 0.29) is 43.7 Å². The van der Waals surface area contributed by atoms with Gasteiger partial charge in [-0.05, 0) is 71.8 Å². The number of rotatable bonds is 8. The predicted octanol–water partition coefficient (Wildman–Crippen LogP) is 3.36. The number of nitrogens with zero attached hydrogens (tertiary/aromatic N) is 2. The van der Waals surface area contributed by atoms with E-state index in [2.05, 4.69) is 10.3 Å². The van der Waals surface area contributed by atoms with Gasteiger partial charge in [-0.1, -0.05) is 0 Å². The van der Waals surface area contributed by atoms with E-state index in [1.54, 1.807) is 4.90 Å². The molecule has 0 aromatic heterocycles. The molecule has 0 radical (unpaired) electrons. The van der Waals surface area contributed by atoms with E-state index in [1.807, 2.05) is 27.7 Å². The molecule has 3 unspecified atom stereocenters. The summed E-state index contributed by atoms with van der Waals surface area (Å²) in [5.74, 6) is -0.497. The number of likely N-dealkylation sites (tertiary alicyclic amines) is 1. The minimum Gasteiger partial charge on any atom is -0.474 e. The van der Waals surface area contributed by atoms with Gasteiger partial charge in [0, 0.05) is 37.9 Å². The summed E-state index contributed by atoms with van der Waals surface area (Å²) in [6.45, 7) is 9.64. The molecule has 3 aliphatic rings. The molecule has 2 amide bonds. The molecule has 204 valence electrons. The van der Waals surface area contributed by atoms with E-state index in [9.17, 15) is 14.0 Å². The number of allylic oxidation sites excluding steroid dienone is 1. The SMILES string of the molecule is CC1=C(C2CCC(C(=O)NCCCO)C(F)C2)N=C(COC2CCN(C(=O)OC(C)(C)C)CC2)OC1. The summed E-state index contributed by atoms with van der Waals surface area (Å²) in [6, 6.07) is 0. The number of aliphatic hydroxyl groups excluding tert-OH is 1. The Kier molecular flexibility index (Phi) is 10.1. The first kappa shape index (κ1) is 28.4. The topological polar surface area (TPSA) is 110 Å². The molecule has 1 saturated carbocycles. The van der Waals surface area contributed by atoms with E-state index in [0.29, 0.717) is 64.2 Å². The Hall–Kier alpha value is -2.20. The number of carbonyl (C=O) groups is 2. The number of carbonyl (C=O) groups excluding carboxylic acids is 2. The zero-order chi connectivity index (χ0) is 26.3. The van der Waals surface area contributed by atoms with E-state index in [1.165, 1.54) is 0 Å². The number of nitrogens with one attached hydrogen (secondary N) is 1. The van der Waals surface area contributed by atoms with Crippen molar-refractivity contribution in [3.05, 3.63) is 11.3 Å². The highest BCUT2D eigenvalue weighted by atomic mass is 19.1. The quantitative estimate of drug-likeness (QED) is 0.484. The second kappa shape index (κ2) is 12.9. The van der Waals surface area contributed by atoms with Crippen LogP contribution in [0.2, 0.25) is 0 Å². The van der Waals surface area contributed by atoms with Crippen molar-refractivity contribution >= 4 is 17.9 Å². The van der Waals surface area contributed by atoms with Crippen LogP contribution in [0.5, 0.6) is 0 Å². The minimum absolute atomic E-state index is 0.000413. The highest BCUT2D eigenvalue weighted by Gasteiger charge is 2.37. The molecule has 9 nitrogen and oxygen atoms in total. The zero-order valence-electron chi connectivity index (χ0n) is 22.1. The molecule has 10 heteroatoms. The number of aliphatic imine (C=N–C) groups is 1. The second-order valence-corrected chi connectivity index (χ2v) is 10.9. The van der Waals surface area contributed by atoms with Crippen LogP contribution in [0.3, 0.4) is 0 Å². The monoisotopic (exact) mass is 511 g/mol. The van der Waals surface area contributed by atoms with Crippen LogP contribution < -0.4 is 5.32 Å². The Balaban J connectivity index is 1.47. The van der Waals surface area contributed by atoms with Gasteiger partial charge in [-0.2, -0.15) is 0 Å². The number of amides is 2. The van der Waals surface area contributed by atoms with Crippen molar-refractivity contribution in [2.75, 3.05) is 39.5 Å². The van der Waals surface area contributed by atoms with Crippen LogP contribution >= 0.6 is 0 Å². The number of piperidine rings is 1. The highest BCUT2D eigenvalue weighted by molar-refractivity contribution is 5.80. The third-order valence-corrected chi connectivity index (χ3v) is 6.80. The van der Waals surface area contributed by atoms with Crippen molar-refractivity contribution in [2.24, 2.45) is 16.8 Å². The van der Waals surface area contributed by atoms with Gasteiger partial charge in [0.05, 0.1) is 12.0 Å². The van der Waals surface area contributed by atoms with E-state index in [4.69, 9.17) is 19.3 Å². The van der Waals surface area contributed by atoms with Crippen LogP contribution in [0.15, 0.2) is 16.3 Å². The van der Waals surface area contributed by atoms with Crippen molar-refractivity contribution in [1.29, 1.82) is 0 Å². The van der Waals surface area contributed by atoms with Gasteiger partial charge in [0.15, 0.2) is 0 Å². The Labute approximate surface area is 213 Å². The standard InChI is InChI=1S/C26H42FN3O6/c1-17-15-35-22(16-34-19-8-11-30(12-9-19)25(33)36-26(2,3)4)29-23(17)18-6-7-20(21(27)14-18)24(32)28-10-5-13-31/h18-21,31H,5-16H2,1-4H3,(H,28,32). The molecular weight excluding hydrogens is 469 g/mol. The molecule has 3 rings (SSSR count). The highest BCUT2D eigenvalue weighted by Crippen LogP contribution is 2.38. The summed E-state index contributed by atoms with van der Waals surface area (Å²) in [7, 11) is 0. The van der Waals surface area contributed by atoms with Crippen molar-refractivity contribution in [3.8, 4) is 0 Å². The van der Waals surface area contributed by atoms with Gasteiger partial charge in [0.1, 0.15) is 25.0 Å². The summed E-state index contributed by atoms with van der Waals surface area (Å²) < 4.78 is 32.2. The lowest BCUT2D eigenvalue weighted by Gasteiger charge is -2.34. The summed E-state index contributed by atoms with van der Waals surface area (Å²) in [5.41, 5.74) is 1.31. The maximum absolute atomic E-state index is 14.9. The van der Waals surface area contributed by atoms with Crippen LogP contribution in [0.1, 0.15) is 66.2 Å². The molecule has 36 heavy (non-hydrogen) atoms. The molecule has 0 bridgehead atoms. The molecule has 2 heterocycles. The Morgan fingerprint density at radius 3 is 2.58 bits per heavy atom. The van der Waals surface area contributed by atoms with Gasteiger partial charge in [-0.3, -0.25) is 4.79 Å². The molecule has 0 spiro atoms. The van der Waals surface area contributed by atoms with Gasteiger partial charge in [-0.25, -0.2) is 14.2 Å². The first-order valence-corrected chi connectivity index (χ1v) is 13.1. The molecule has 0 aromatic carbocycles. The predicted molar refractivity (Wildman–Crippen MR) is 133 cm³/mol. The number of aliphatic hydroxyl groups is 1. The van der Waals surface area contributed by atoms with Gasteiger partial charge < -0.3 is 29.5 Å². The Morgan fingerprint density at radius 2 is 1.94 bits per heavy atom. The number of ether oxygens (including phenoxy) is 3. The maximum Gasteiger partial charge on any atom is 0.410 e. The molecular formula is C26H42FN3O6. The summed E-state index contributed by atoms with van der Waals surface area (Å²) in [5, 5.41) is 11.6. The third-order valence-electron chi connectivity index (χ3n) is 6.80. The van der Waals surface area contributed by atoms with Crippen LogP contribution in [0.25, 0.3) is 0 Å². The normalized spacial score (nSPS) is 25.8. The Morgan fingerprint density at radius 1 is 1.22 bits per heavy atom. The van der Waals surface area contributed by atoms with Crippen LogP contribution in [-0.2, 0) is 19.0 Å². The number of hydrogen-bond acceptors (Lipinski definition) is 7. The molecule has 3 atom stereocenters.